The third-order valence-corrected chi connectivity index (χ3v) is 6.43. The first-order valence-corrected chi connectivity index (χ1v) is 12.1. The second kappa shape index (κ2) is 10.4. The summed E-state index contributed by atoms with van der Waals surface area (Å²) in [7, 11) is 2.23. The second-order valence-electron chi connectivity index (χ2n) is 10.2. The highest BCUT2D eigenvalue weighted by atomic mass is 16.5. The summed E-state index contributed by atoms with van der Waals surface area (Å²) in [5, 5.41) is 9.44. The molecule has 0 radical (unpaired) electrons. The lowest BCUT2D eigenvalue weighted by Crippen LogP contribution is -2.24. The van der Waals surface area contributed by atoms with Crippen LogP contribution >= 0.6 is 0 Å². The quantitative estimate of drug-likeness (QED) is 0.444. The van der Waals surface area contributed by atoms with Gasteiger partial charge in [0, 0.05) is 40.7 Å². The summed E-state index contributed by atoms with van der Waals surface area (Å²) in [4.78, 5) is 19.5. The number of hydrogen-bond donors (Lipinski definition) is 2. The van der Waals surface area contributed by atoms with Gasteiger partial charge < -0.3 is 14.7 Å². The molecule has 0 spiro atoms. The molecule has 3 heterocycles. The molecule has 7 heteroatoms. The summed E-state index contributed by atoms with van der Waals surface area (Å²) in [5.74, 6) is 1.11. The van der Waals surface area contributed by atoms with Crippen LogP contribution in [0.25, 0.3) is 11.1 Å². The van der Waals surface area contributed by atoms with Crippen LogP contribution in [0.3, 0.4) is 0 Å². The minimum atomic E-state index is -0.365. The van der Waals surface area contributed by atoms with Crippen molar-refractivity contribution in [2.75, 3.05) is 24.2 Å². The number of urea groups is 1. The lowest BCUT2D eigenvalue weighted by atomic mass is 9.93. The highest BCUT2D eigenvalue weighted by Crippen LogP contribution is 2.25. The van der Waals surface area contributed by atoms with Gasteiger partial charge in [0.15, 0.2) is 5.82 Å². The number of rotatable bonds is 7. The molecular formula is C27H35N5O2. The Morgan fingerprint density at radius 3 is 2.50 bits per heavy atom. The molecule has 1 aromatic carbocycles. The van der Waals surface area contributed by atoms with Gasteiger partial charge in [-0.05, 0) is 69.5 Å². The minimum Gasteiger partial charge on any atom is -0.359 e. The van der Waals surface area contributed by atoms with Crippen molar-refractivity contribution in [2.45, 2.75) is 64.3 Å². The van der Waals surface area contributed by atoms with Crippen molar-refractivity contribution >= 4 is 17.5 Å². The third-order valence-electron chi connectivity index (χ3n) is 6.43. The van der Waals surface area contributed by atoms with Crippen LogP contribution in [0.5, 0.6) is 0 Å². The van der Waals surface area contributed by atoms with Crippen molar-refractivity contribution in [1.82, 2.24) is 15.0 Å². The zero-order valence-corrected chi connectivity index (χ0v) is 20.6. The van der Waals surface area contributed by atoms with Crippen molar-refractivity contribution in [3.8, 4) is 11.1 Å². The summed E-state index contributed by atoms with van der Waals surface area (Å²) >= 11 is 0. The van der Waals surface area contributed by atoms with E-state index in [1.165, 1.54) is 32.2 Å². The molecule has 2 aromatic heterocycles. The van der Waals surface area contributed by atoms with Crippen LogP contribution in [0.2, 0.25) is 0 Å². The van der Waals surface area contributed by atoms with E-state index in [2.05, 4.69) is 44.9 Å². The van der Waals surface area contributed by atoms with E-state index in [9.17, 15) is 4.79 Å². The number of hydrogen-bond acceptors (Lipinski definition) is 5. The predicted octanol–water partition coefficient (Wildman–Crippen LogP) is 6.10. The number of nitrogens with one attached hydrogen (secondary N) is 2. The third kappa shape index (κ3) is 6.23. The molecule has 34 heavy (non-hydrogen) atoms. The molecule has 1 unspecified atom stereocenters. The molecule has 7 nitrogen and oxygen atoms in total. The highest BCUT2D eigenvalue weighted by molar-refractivity contribution is 5.99. The topological polar surface area (TPSA) is 83.3 Å². The van der Waals surface area contributed by atoms with Gasteiger partial charge in [-0.25, -0.2) is 4.79 Å². The summed E-state index contributed by atoms with van der Waals surface area (Å²) in [6.45, 7) is 7.31. The number of aromatic nitrogens is 2. The average Bonchev–Trinajstić information content (AvgIpc) is 3.44. The normalized spacial score (nSPS) is 16.5. The highest BCUT2D eigenvalue weighted by Gasteiger charge is 2.21. The number of nitrogens with zero attached hydrogens (tertiary/aromatic N) is 3. The molecule has 1 saturated heterocycles. The van der Waals surface area contributed by atoms with Gasteiger partial charge in [0.2, 0.25) is 0 Å². The Bertz CT molecular complexity index is 1080. The number of carbonyl (C=O) groups excluding carboxylic acids is 1. The molecule has 1 aliphatic heterocycles. The van der Waals surface area contributed by atoms with Crippen LogP contribution in [-0.2, 0) is 11.8 Å². The number of aryl methyl sites for hydroxylation is 1. The Morgan fingerprint density at radius 1 is 1.12 bits per heavy atom. The molecule has 1 aliphatic rings. The number of benzene rings is 1. The first-order valence-electron chi connectivity index (χ1n) is 12.1. The number of likely N-dealkylation sites (tertiary alicyclic amines) is 1. The molecule has 2 N–H and O–H groups in total. The number of pyridine rings is 1. The molecule has 4 rings (SSSR count). The van der Waals surface area contributed by atoms with Crippen LogP contribution in [-0.4, -0.2) is 40.7 Å². The van der Waals surface area contributed by atoms with Crippen LogP contribution in [0.4, 0.5) is 16.3 Å². The monoisotopic (exact) mass is 461 g/mol. The maximum absolute atomic E-state index is 12.3. The Balaban J connectivity index is 1.27. The molecule has 0 bridgehead atoms. The van der Waals surface area contributed by atoms with Crippen LogP contribution in [0.15, 0.2) is 53.2 Å². The second-order valence-corrected chi connectivity index (χ2v) is 10.2. The lowest BCUT2D eigenvalue weighted by molar-refractivity contribution is 0.262. The molecule has 0 aliphatic carbocycles. The molecule has 1 fully saturated rings. The standard InChI is InChI=1S/C27H35N5O2/c1-27(2,3)24-17-25(31-34-24)30-26(33)29-22-14-10-19(11-15-22)20-12-13-21(28-18-20)7-5-8-23-9-6-16-32(23)4/h10-15,17-18,23H,5-9,16H2,1-4H3,(H2,29,30,31,33). The maximum atomic E-state index is 12.3. The van der Waals surface area contributed by atoms with Crippen molar-refractivity contribution < 1.29 is 9.32 Å². The van der Waals surface area contributed by atoms with Crippen molar-refractivity contribution in [2.24, 2.45) is 0 Å². The first-order chi connectivity index (χ1) is 16.3. The fraction of sp³-hybridized carbons (Fsp3) is 0.444. The molecule has 2 amide bonds. The van der Waals surface area contributed by atoms with Crippen LogP contribution in [0, 0.1) is 0 Å². The average molecular weight is 462 g/mol. The molecule has 180 valence electrons. The molecule has 3 aromatic rings. The van der Waals surface area contributed by atoms with E-state index in [-0.39, 0.29) is 11.4 Å². The van der Waals surface area contributed by atoms with Gasteiger partial charge in [-0.2, -0.15) is 0 Å². The van der Waals surface area contributed by atoms with Crippen molar-refractivity contribution in [3.63, 3.8) is 0 Å². The zero-order valence-electron chi connectivity index (χ0n) is 20.6. The van der Waals surface area contributed by atoms with E-state index in [0.29, 0.717) is 17.3 Å². The summed E-state index contributed by atoms with van der Waals surface area (Å²) in [6, 6.07) is 14.1. The Morgan fingerprint density at radius 2 is 1.88 bits per heavy atom. The number of amides is 2. The molecule has 0 saturated carbocycles. The summed E-state index contributed by atoms with van der Waals surface area (Å²) in [5.41, 5.74) is 3.79. The van der Waals surface area contributed by atoms with E-state index in [0.717, 1.165) is 29.3 Å². The first kappa shape index (κ1) is 24.0. The van der Waals surface area contributed by atoms with Crippen LogP contribution < -0.4 is 10.6 Å². The molecular weight excluding hydrogens is 426 g/mol. The van der Waals surface area contributed by atoms with E-state index >= 15 is 0 Å². The Kier molecular flexibility index (Phi) is 7.32. The molecule has 1 atom stereocenters. The van der Waals surface area contributed by atoms with Gasteiger partial charge in [0.1, 0.15) is 5.76 Å². The van der Waals surface area contributed by atoms with Gasteiger partial charge in [-0.15, -0.1) is 0 Å². The van der Waals surface area contributed by atoms with E-state index in [1.54, 1.807) is 6.07 Å². The maximum Gasteiger partial charge on any atom is 0.324 e. The van der Waals surface area contributed by atoms with Crippen molar-refractivity contribution in [3.05, 3.63) is 60.1 Å². The SMILES string of the molecule is CN1CCCC1CCCc1ccc(-c2ccc(NC(=O)Nc3cc(C(C)(C)C)on3)cc2)cn1. The van der Waals surface area contributed by atoms with Gasteiger partial charge in [-0.1, -0.05) is 44.1 Å². The summed E-state index contributed by atoms with van der Waals surface area (Å²) in [6.07, 6.45) is 8.03. The van der Waals surface area contributed by atoms with Gasteiger partial charge in [0.05, 0.1) is 0 Å². The lowest BCUT2D eigenvalue weighted by Gasteiger charge is -2.18. The van der Waals surface area contributed by atoms with Gasteiger partial charge in [-0.3, -0.25) is 10.3 Å². The van der Waals surface area contributed by atoms with Gasteiger partial charge >= 0.3 is 6.03 Å². The smallest absolute Gasteiger partial charge is 0.324 e. The zero-order chi connectivity index (χ0) is 24.1. The fourth-order valence-corrected chi connectivity index (χ4v) is 4.32. The van der Waals surface area contributed by atoms with Gasteiger partial charge in [0.25, 0.3) is 0 Å². The minimum absolute atomic E-state index is 0.168. The van der Waals surface area contributed by atoms with E-state index in [4.69, 9.17) is 4.52 Å². The Labute approximate surface area is 201 Å². The van der Waals surface area contributed by atoms with Crippen molar-refractivity contribution in [1.29, 1.82) is 0 Å². The Hall–Kier alpha value is -3.19. The largest absolute Gasteiger partial charge is 0.359 e. The number of anilines is 2. The fourth-order valence-electron chi connectivity index (χ4n) is 4.32. The number of carbonyl (C=O) groups is 1. The van der Waals surface area contributed by atoms with E-state index in [1.807, 2.05) is 51.2 Å². The predicted molar refractivity (Wildman–Crippen MR) is 136 cm³/mol. The van der Waals surface area contributed by atoms with E-state index < -0.39 is 0 Å². The van der Waals surface area contributed by atoms with Crippen LogP contribution in [0.1, 0.15) is 57.9 Å². The summed E-state index contributed by atoms with van der Waals surface area (Å²) < 4.78 is 5.30.